The molecule has 0 aliphatic carbocycles. The van der Waals surface area contributed by atoms with E-state index in [1.54, 1.807) is 0 Å². The Labute approximate surface area is 135 Å². The maximum absolute atomic E-state index is 12.6. The highest BCUT2D eigenvalue weighted by atomic mass is 35.5. The number of imide groups is 1. The minimum Gasteiger partial charge on any atom is -0.365 e. The van der Waals surface area contributed by atoms with Crippen LogP contribution < -0.4 is 4.90 Å². The second-order valence-corrected chi connectivity index (χ2v) is 6.45. The van der Waals surface area contributed by atoms with E-state index < -0.39 is 11.8 Å². The molecule has 21 heavy (non-hydrogen) atoms. The van der Waals surface area contributed by atoms with Crippen molar-refractivity contribution in [3.05, 3.63) is 39.4 Å². The Balaban J connectivity index is 1.80. The number of ether oxygens (including phenoxy) is 1. The molecule has 0 spiro atoms. The average Bonchev–Trinajstić information content (AvgIpc) is 3.09. The Bertz CT molecular complexity index is 688. The second kappa shape index (κ2) is 4.46. The van der Waals surface area contributed by atoms with Crippen LogP contribution in [0.25, 0.3) is 0 Å². The van der Waals surface area contributed by atoms with Gasteiger partial charge in [0.15, 0.2) is 0 Å². The lowest BCUT2D eigenvalue weighted by Gasteiger charge is -2.19. The molecule has 4 nitrogen and oxygen atoms in total. The molecule has 0 saturated carbocycles. The molecule has 2 fully saturated rings. The minimum atomic E-state index is -0.474. The number of amides is 2. The van der Waals surface area contributed by atoms with Crippen LogP contribution in [-0.2, 0) is 14.3 Å². The number of carbonyl (C=O) groups is 2. The Morgan fingerprint density at radius 2 is 1.38 bits per heavy atom. The van der Waals surface area contributed by atoms with Crippen LogP contribution in [0.1, 0.15) is 0 Å². The van der Waals surface area contributed by atoms with Crippen molar-refractivity contribution in [1.29, 1.82) is 0 Å². The number of fused-ring (bicyclic) bond motifs is 5. The molecule has 4 rings (SSSR count). The van der Waals surface area contributed by atoms with E-state index in [-0.39, 0.29) is 44.8 Å². The SMILES string of the molecule is O=C1[C@@H]2[C@H](C(=O)N1c1cc(Cl)c(Cl)cc1Cl)[C@H]1C=C[C@H]2O1. The number of rotatable bonds is 1. The van der Waals surface area contributed by atoms with E-state index in [1.165, 1.54) is 12.1 Å². The van der Waals surface area contributed by atoms with Gasteiger partial charge in [0.1, 0.15) is 0 Å². The van der Waals surface area contributed by atoms with Crippen molar-refractivity contribution in [2.45, 2.75) is 12.2 Å². The van der Waals surface area contributed by atoms with Gasteiger partial charge in [0.25, 0.3) is 0 Å². The Kier molecular flexibility index (Phi) is 2.89. The third kappa shape index (κ3) is 1.73. The van der Waals surface area contributed by atoms with Crippen LogP contribution in [0.2, 0.25) is 15.1 Å². The van der Waals surface area contributed by atoms with Crippen molar-refractivity contribution in [3.63, 3.8) is 0 Å². The van der Waals surface area contributed by atoms with E-state index in [1.807, 2.05) is 12.2 Å². The molecule has 3 aliphatic heterocycles. The average molecular weight is 345 g/mol. The summed E-state index contributed by atoms with van der Waals surface area (Å²) < 4.78 is 5.58. The lowest BCUT2D eigenvalue weighted by molar-refractivity contribution is -0.124. The fourth-order valence-corrected chi connectivity index (χ4v) is 3.85. The fourth-order valence-electron chi connectivity index (χ4n) is 3.22. The predicted molar refractivity (Wildman–Crippen MR) is 78.7 cm³/mol. The predicted octanol–water partition coefficient (Wildman–Crippen LogP) is 3.09. The van der Waals surface area contributed by atoms with Crippen LogP contribution in [0.5, 0.6) is 0 Å². The van der Waals surface area contributed by atoms with E-state index in [2.05, 4.69) is 0 Å². The zero-order valence-electron chi connectivity index (χ0n) is 10.4. The van der Waals surface area contributed by atoms with Gasteiger partial charge >= 0.3 is 0 Å². The summed E-state index contributed by atoms with van der Waals surface area (Å²) in [7, 11) is 0. The van der Waals surface area contributed by atoms with Gasteiger partial charge in [0.2, 0.25) is 11.8 Å². The number of hydrogen-bond acceptors (Lipinski definition) is 3. The molecule has 7 heteroatoms. The molecular weight excluding hydrogens is 337 g/mol. The van der Waals surface area contributed by atoms with Crippen molar-refractivity contribution >= 4 is 52.3 Å². The van der Waals surface area contributed by atoms with E-state index >= 15 is 0 Å². The molecule has 0 aromatic heterocycles. The fraction of sp³-hybridized carbons (Fsp3) is 0.286. The number of halogens is 3. The normalized spacial score (nSPS) is 33.2. The van der Waals surface area contributed by atoms with Crippen molar-refractivity contribution in [2.24, 2.45) is 11.8 Å². The molecule has 2 bridgehead atoms. The van der Waals surface area contributed by atoms with Crippen LogP contribution in [0.4, 0.5) is 5.69 Å². The Morgan fingerprint density at radius 1 is 0.857 bits per heavy atom. The number of carbonyl (C=O) groups excluding carboxylic acids is 2. The summed E-state index contributed by atoms with van der Waals surface area (Å²) in [5.74, 6) is -1.56. The number of benzene rings is 1. The zero-order valence-corrected chi connectivity index (χ0v) is 12.7. The maximum atomic E-state index is 12.6. The lowest BCUT2D eigenvalue weighted by Crippen LogP contribution is -2.34. The van der Waals surface area contributed by atoms with E-state index in [4.69, 9.17) is 39.5 Å². The van der Waals surface area contributed by atoms with Crippen LogP contribution in [0.3, 0.4) is 0 Å². The summed E-state index contributed by atoms with van der Waals surface area (Å²) in [4.78, 5) is 26.3. The summed E-state index contributed by atoms with van der Waals surface area (Å²) in [5, 5.41) is 0.730. The van der Waals surface area contributed by atoms with Crippen molar-refractivity contribution in [1.82, 2.24) is 0 Å². The van der Waals surface area contributed by atoms with Crippen LogP contribution in [0.15, 0.2) is 24.3 Å². The first-order chi connectivity index (χ1) is 9.99. The van der Waals surface area contributed by atoms with Crippen LogP contribution >= 0.6 is 34.8 Å². The zero-order chi connectivity index (χ0) is 14.9. The summed E-state index contributed by atoms with van der Waals surface area (Å²) in [6, 6.07) is 2.87. The van der Waals surface area contributed by atoms with Gasteiger partial charge in [-0.1, -0.05) is 47.0 Å². The largest absolute Gasteiger partial charge is 0.365 e. The summed E-state index contributed by atoms with van der Waals surface area (Å²) in [6.45, 7) is 0. The summed E-state index contributed by atoms with van der Waals surface area (Å²) >= 11 is 18.0. The number of hydrogen-bond donors (Lipinski definition) is 0. The topological polar surface area (TPSA) is 46.6 Å². The second-order valence-electron chi connectivity index (χ2n) is 5.23. The Morgan fingerprint density at radius 3 is 1.95 bits per heavy atom. The Hall–Kier alpha value is -1.07. The summed E-state index contributed by atoms with van der Waals surface area (Å²) in [6.07, 6.45) is 3.00. The molecular formula is C14H8Cl3NO3. The van der Waals surface area contributed by atoms with E-state index in [0.717, 1.165) is 4.90 Å². The molecule has 3 aliphatic rings. The molecule has 108 valence electrons. The van der Waals surface area contributed by atoms with Gasteiger partial charge in [0.05, 0.1) is 44.8 Å². The van der Waals surface area contributed by atoms with Gasteiger partial charge in [0, 0.05) is 0 Å². The van der Waals surface area contributed by atoms with Gasteiger partial charge in [-0.15, -0.1) is 0 Å². The van der Waals surface area contributed by atoms with Gasteiger partial charge in [-0.3, -0.25) is 9.59 Å². The standard InChI is InChI=1S/C14H8Cl3NO3/c15-5-3-7(17)8(4-6(5)16)18-13(19)11-9-1-2-10(21-9)12(11)14(18)20/h1-4,9-12H/t9-,10-,11-,12+/m1/s1. The van der Waals surface area contributed by atoms with Gasteiger partial charge in [-0.25, -0.2) is 4.90 Å². The first kappa shape index (κ1) is 13.6. The third-order valence-corrected chi connectivity index (χ3v) is 5.17. The molecule has 4 atom stereocenters. The monoisotopic (exact) mass is 343 g/mol. The first-order valence-electron chi connectivity index (χ1n) is 6.35. The molecule has 0 unspecified atom stereocenters. The van der Waals surface area contributed by atoms with E-state index in [9.17, 15) is 9.59 Å². The molecule has 2 amide bonds. The van der Waals surface area contributed by atoms with Crippen molar-refractivity contribution in [3.8, 4) is 0 Å². The molecule has 0 N–H and O–H groups in total. The first-order valence-corrected chi connectivity index (χ1v) is 7.48. The quantitative estimate of drug-likeness (QED) is 0.447. The summed E-state index contributed by atoms with van der Waals surface area (Å²) in [5.41, 5.74) is 0.273. The smallest absolute Gasteiger partial charge is 0.240 e. The third-order valence-electron chi connectivity index (χ3n) is 4.14. The molecule has 1 aromatic carbocycles. The highest BCUT2D eigenvalue weighted by Crippen LogP contribution is 2.48. The number of nitrogens with zero attached hydrogens (tertiary/aromatic N) is 1. The van der Waals surface area contributed by atoms with Gasteiger partial charge in [-0.2, -0.15) is 0 Å². The molecule has 1 aromatic rings. The highest BCUT2D eigenvalue weighted by Gasteiger charge is 2.61. The number of anilines is 1. The lowest BCUT2D eigenvalue weighted by atomic mass is 9.85. The van der Waals surface area contributed by atoms with Crippen molar-refractivity contribution in [2.75, 3.05) is 4.90 Å². The van der Waals surface area contributed by atoms with E-state index in [0.29, 0.717) is 0 Å². The van der Waals surface area contributed by atoms with Crippen molar-refractivity contribution < 1.29 is 14.3 Å². The molecule has 0 radical (unpaired) electrons. The van der Waals surface area contributed by atoms with Crippen LogP contribution in [-0.4, -0.2) is 24.0 Å². The molecule has 3 heterocycles. The van der Waals surface area contributed by atoms with Crippen LogP contribution in [0, 0.1) is 11.8 Å². The van der Waals surface area contributed by atoms with Gasteiger partial charge in [-0.05, 0) is 12.1 Å². The highest BCUT2D eigenvalue weighted by molar-refractivity contribution is 6.44. The van der Waals surface area contributed by atoms with Gasteiger partial charge < -0.3 is 4.74 Å². The maximum Gasteiger partial charge on any atom is 0.240 e. The minimum absolute atomic E-state index is 0.215. The molecule has 2 saturated heterocycles.